The molecule has 0 bridgehead atoms. The van der Waals surface area contributed by atoms with Crippen LogP contribution in [-0.2, 0) is 0 Å². The average molecular weight is 186 g/mol. The summed E-state index contributed by atoms with van der Waals surface area (Å²) in [5.74, 6) is 0. The average Bonchev–Trinajstić information content (AvgIpc) is 2.56. The first kappa shape index (κ1) is 7.34. The van der Waals surface area contributed by atoms with E-state index >= 15 is 0 Å². The molecule has 2 aromatic rings. The van der Waals surface area contributed by atoms with Gasteiger partial charge in [-0.05, 0) is 29.5 Å². The van der Waals surface area contributed by atoms with E-state index in [1.165, 1.54) is 32.7 Å². The molecule has 0 spiro atoms. The lowest BCUT2D eigenvalue weighted by Gasteiger charge is -1.92. The molecule has 64 valence electrons. The minimum Gasteiger partial charge on any atom is -0.136 e. The highest BCUT2D eigenvalue weighted by Crippen LogP contribution is 2.13. The van der Waals surface area contributed by atoms with Crippen molar-refractivity contribution in [3.8, 4) is 0 Å². The summed E-state index contributed by atoms with van der Waals surface area (Å²) in [5.41, 5.74) is 0. The Kier molecular flexibility index (Phi) is 1.53. The summed E-state index contributed by atoms with van der Waals surface area (Å²) in [7, 11) is 0. The molecule has 3 rings (SSSR count). The van der Waals surface area contributed by atoms with Gasteiger partial charge in [0.2, 0.25) is 0 Å². The second kappa shape index (κ2) is 2.71. The van der Waals surface area contributed by atoms with Crippen LogP contribution in [0.1, 0.15) is 12.8 Å². The third-order valence-electron chi connectivity index (χ3n) is 2.51. The zero-order chi connectivity index (χ0) is 8.67. The van der Waals surface area contributed by atoms with Gasteiger partial charge in [0.05, 0.1) is 0 Å². The van der Waals surface area contributed by atoms with Crippen molar-refractivity contribution in [1.29, 1.82) is 0 Å². The lowest BCUT2D eigenvalue weighted by Crippen LogP contribution is -2.20. The Morgan fingerprint density at radius 3 is 2.85 bits per heavy atom. The van der Waals surface area contributed by atoms with Crippen LogP contribution in [0.15, 0.2) is 24.3 Å². The molecule has 1 heteroatoms. The van der Waals surface area contributed by atoms with Crippen LogP contribution < -0.4 is 9.75 Å². The van der Waals surface area contributed by atoms with Crippen LogP contribution in [0.25, 0.3) is 22.2 Å². The Labute approximate surface area is 80.8 Å². The highest BCUT2D eigenvalue weighted by Gasteiger charge is 2.01. The number of benzene rings is 1. The van der Waals surface area contributed by atoms with Gasteiger partial charge in [0, 0.05) is 9.23 Å². The van der Waals surface area contributed by atoms with Crippen molar-refractivity contribution in [3.05, 3.63) is 34.0 Å². The fourth-order valence-electron chi connectivity index (χ4n) is 1.89. The first-order valence-corrected chi connectivity index (χ1v) is 5.45. The molecule has 0 unspecified atom stereocenters. The van der Waals surface area contributed by atoms with Crippen LogP contribution in [0.5, 0.6) is 0 Å². The van der Waals surface area contributed by atoms with E-state index in [0.717, 1.165) is 0 Å². The summed E-state index contributed by atoms with van der Waals surface area (Å²) in [4.78, 5) is 0. The van der Waals surface area contributed by atoms with E-state index < -0.39 is 0 Å². The predicted octanol–water partition coefficient (Wildman–Crippen LogP) is 2.26. The van der Waals surface area contributed by atoms with Crippen LogP contribution in [0.4, 0.5) is 0 Å². The number of thiophene rings is 1. The first-order valence-electron chi connectivity index (χ1n) is 4.63. The maximum atomic E-state index is 2.37. The van der Waals surface area contributed by atoms with Gasteiger partial charge in [-0.15, -0.1) is 11.3 Å². The zero-order valence-electron chi connectivity index (χ0n) is 7.29. The molecule has 1 aliphatic carbocycles. The Morgan fingerprint density at radius 2 is 1.85 bits per heavy atom. The van der Waals surface area contributed by atoms with Crippen molar-refractivity contribution in [2.24, 2.45) is 0 Å². The molecular weight excluding hydrogens is 176 g/mol. The number of hydrogen-bond donors (Lipinski definition) is 0. The lowest BCUT2D eigenvalue weighted by atomic mass is 10.1. The summed E-state index contributed by atoms with van der Waals surface area (Å²) >= 11 is 1.91. The molecule has 0 aliphatic heterocycles. The highest BCUT2D eigenvalue weighted by molar-refractivity contribution is 7.17. The monoisotopic (exact) mass is 186 g/mol. The van der Waals surface area contributed by atoms with Crippen LogP contribution in [0.2, 0.25) is 0 Å². The number of fused-ring (bicyclic) bond motifs is 3. The Balaban J connectivity index is 2.63. The van der Waals surface area contributed by atoms with E-state index in [-0.39, 0.29) is 0 Å². The molecule has 0 N–H and O–H groups in total. The van der Waals surface area contributed by atoms with Crippen molar-refractivity contribution < 1.29 is 0 Å². The van der Waals surface area contributed by atoms with Crippen molar-refractivity contribution in [1.82, 2.24) is 0 Å². The smallest absolute Gasteiger partial charge is 0.0355 e. The van der Waals surface area contributed by atoms with Gasteiger partial charge in [-0.1, -0.05) is 30.4 Å². The van der Waals surface area contributed by atoms with Gasteiger partial charge < -0.3 is 0 Å². The molecule has 1 aliphatic rings. The van der Waals surface area contributed by atoms with Gasteiger partial charge in [-0.25, -0.2) is 0 Å². The van der Waals surface area contributed by atoms with Gasteiger partial charge in [-0.3, -0.25) is 0 Å². The minimum atomic E-state index is 1.20. The maximum Gasteiger partial charge on any atom is 0.0355 e. The van der Waals surface area contributed by atoms with Crippen molar-refractivity contribution >= 4 is 33.6 Å². The van der Waals surface area contributed by atoms with E-state index in [4.69, 9.17) is 0 Å². The van der Waals surface area contributed by atoms with E-state index in [0.29, 0.717) is 0 Å². The standard InChI is InChI=1S/C12H10S/c1-3-7-11-9(5-1)10-6-2-4-8-12(10)13-11/h1,3,5-8H,2,4H2. The normalized spacial score (nSPS) is 14.8. The van der Waals surface area contributed by atoms with Crippen LogP contribution in [0.3, 0.4) is 0 Å². The van der Waals surface area contributed by atoms with E-state index in [1.54, 1.807) is 0 Å². The summed E-state index contributed by atoms with van der Waals surface area (Å²) < 4.78 is 2.88. The van der Waals surface area contributed by atoms with Gasteiger partial charge in [-0.2, -0.15) is 0 Å². The molecule has 13 heavy (non-hydrogen) atoms. The predicted molar refractivity (Wildman–Crippen MR) is 59.2 cm³/mol. The van der Waals surface area contributed by atoms with Crippen molar-refractivity contribution in [2.75, 3.05) is 0 Å². The number of hydrogen-bond acceptors (Lipinski definition) is 1. The molecule has 1 aromatic carbocycles. The van der Waals surface area contributed by atoms with Gasteiger partial charge in [0.15, 0.2) is 0 Å². The van der Waals surface area contributed by atoms with Gasteiger partial charge in [0.25, 0.3) is 0 Å². The molecule has 1 heterocycles. The largest absolute Gasteiger partial charge is 0.136 e. The topological polar surface area (TPSA) is 0 Å². The van der Waals surface area contributed by atoms with Crippen molar-refractivity contribution in [3.63, 3.8) is 0 Å². The van der Waals surface area contributed by atoms with Gasteiger partial charge in [0.1, 0.15) is 0 Å². The third-order valence-corrected chi connectivity index (χ3v) is 3.69. The summed E-state index contributed by atoms with van der Waals surface area (Å²) in [6, 6.07) is 8.67. The molecule has 0 nitrogen and oxygen atoms in total. The Bertz CT molecular complexity index is 560. The SMILES string of the molecule is C1=c2sc3ccccc3c2=CCC1. The molecule has 0 radical (unpaired) electrons. The second-order valence-electron chi connectivity index (χ2n) is 3.36. The molecule has 0 fully saturated rings. The minimum absolute atomic E-state index is 1.20. The fourth-order valence-corrected chi connectivity index (χ4v) is 3.06. The van der Waals surface area contributed by atoms with E-state index in [9.17, 15) is 0 Å². The zero-order valence-corrected chi connectivity index (χ0v) is 8.10. The molecule has 0 amide bonds. The van der Waals surface area contributed by atoms with Crippen LogP contribution >= 0.6 is 11.3 Å². The maximum absolute atomic E-state index is 2.37. The molecular formula is C12H10S. The number of rotatable bonds is 0. The molecule has 0 atom stereocenters. The summed E-state index contributed by atoms with van der Waals surface area (Å²) in [6.45, 7) is 0. The highest BCUT2D eigenvalue weighted by atomic mass is 32.1. The molecule has 0 saturated heterocycles. The van der Waals surface area contributed by atoms with Gasteiger partial charge >= 0.3 is 0 Å². The first-order chi connectivity index (χ1) is 6.45. The fraction of sp³-hybridized carbons (Fsp3) is 0.167. The summed E-state index contributed by atoms with van der Waals surface area (Å²) in [5, 5.41) is 2.89. The lowest BCUT2D eigenvalue weighted by molar-refractivity contribution is 1.13. The summed E-state index contributed by atoms with van der Waals surface area (Å²) in [6.07, 6.45) is 7.14. The Hall–Kier alpha value is -1.08. The van der Waals surface area contributed by atoms with E-state index in [1.807, 2.05) is 11.3 Å². The van der Waals surface area contributed by atoms with E-state index in [2.05, 4.69) is 36.4 Å². The quantitative estimate of drug-likeness (QED) is 0.592. The second-order valence-corrected chi connectivity index (χ2v) is 4.45. The molecule has 0 saturated carbocycles. The Morgan fingerprint density at radius 1 is 1.00 bits per heavy atom. The van der Waals surface area contributed by atoms with Crippen molar-refractivity contribution in [2.45, 2.75) is 12.8 Å². The molecule has 1 aromatic heterocycles. The van der Waals surface area contributed by atoms with Crippen LogP contribution in [0, 0.1) is 0 Å². The van der Waals surface area contributed by atoms with Crippen LogP contribution in [-0.4, -0.2) is 0 Å². The third kappa shape index (κ3) is 1.04.